The number of ketones is 3. The number of likely N-dealkylation sites (tertiary alicyclic amines) is 1. The first-order valence-corrected chi connectivity index (χ1v) is 19.8. The third-order valence-electron chi connectivity index (χ3n) is 10.8. The Morgan fingerprint density at radius 3 is 1.81 bits per heavy atom. The van der Waals surface area contributed by atoms with Crippen LogP contribution in [0, 0.1) is 29.1 Å². The van der Waals surface area contributed by atoms with E-state index in [2.05, 4.69) is 15.5 Å². The maximum Gasteiger partial charge on any atom is 0.224 e. The van der Waals surface area contributed by atoms with Crippen molar-refractivity contribution in [3.63, 3.8) is 0 Å². The molecule has 284 valence electrons. The number of hydrogen-bond donors (Lipinski definition) is 2. The minimum Gasteiger partial charge on any atom is -0.346 e. The fourth-order valence-electron chi connectivity index (χ4n) is 7.44. The Balaban J connectivity index is 1.51. The molecule has 4 rings (SSSR count). The Morgan fingerprint density at radius 1 is 0.692 bits per heavy atom. The highest BCUT2D eigenvalue weighted by molar-refractivity contribution is 5.97. The van der Waals surface area contributed by atoms with Crippen LogP contribution in [-0.2, 0) is 36.8 Å². The zero-order valence-corrected chi connectivity index (χ0v) is 32.3. The smallest absolute Gasteiger partial charge is 0.224 e. The molecule has 52 heavy (non-hydrogen) atoms. The van der Waals surface area contributed by atoms with Crippen molar-refractivity contribution >= 4 is 29.2 Å². The first-order valence-electron chi connectivity index (χ1n) is 19.8. The summed E-state index contributed by atoms with van der Waals surface area (Å²) in [5, 5.41) is 6.15. The van der Waals surface area contributed by atoms with Gasteiger partial charge >= 0.3 is 0 Å². The summed E-state index contributed by atoms with van der Waals surface area (Å²) in [6.07, 6.45) is 7.51. The Hall–Kier alpha value is -3.65. The minimum atomic E-state index is -0.798. The Labute approximate surface area is 312 Å². The van der Waals surface area contributed by atoms with Crippen LogP contribution in [0.25, 0.3) is 0 Å². The molecule has 2 amide bonds. The molecule has 1 saturated carbocycles. The number of benzene rings is 2. The van der Waals surface area contributed by atoms with Crippen LogP contribution in [0.1, 0.15) is 110 Å². The van der Waals surface area contributed by atoms with Gasteiger partial charge in [0.2, 0.25) is 11.8 Å². The summed E-state index contributed by atoms with van der Waals surface area (Å²) in [5.74, 6) is -1.66. The van der Waals surface area contributed by atoms with E-state index in [4.69, 9.17) is 0 Å². The van der Waals surface area contributed by atoms with Crippen LogP contribution >= 0.6 is 0 Å². The molecule has 4 atom stereocenters. The lowest BCUT2D eigenvalue weighted by Gasteiger charge is -2.28. The second kappa shape index (κ2) is 20.0. The van der Waals surface area contributed by atoms with Crippen LogP contribution in [0.3, 0.4) is 0 Å². The molecular weight excluding hydrogens is 651 g/mol. The molecule has 2 fully saturated rings. The molecule has 0 bridgehead atoms. The lowest BCUT2D eigenvalue weighted by atomic mass is 9.87. The monoisotopic (exact) mass is 713 g/mol. The summed E-state index contributed by atoms with van der Waals surface area (Å²) < 4.78 is 0. The lowest BCUT2D eigenvalue weighted by Crippen LogP contribution is -2.49. The third-order valence-corrected chi connectivity index (χ3v) is 10.8. The number of Topliss-reactive ketones (excluding diaryl/α,β-unsaturated/α-hetero) is 3. The number of nitrogens with one attached hydrogen (secondary N) is 2. The van der Waals surface area contributed by atoms with Crippen LogP contribution in [0.2, 0.25) is 0 Å². The maximum absolute atomic E-state index is 14.2. The molecule has 1 aliphatic heterocycles. The summed E-state index contributed by atoms with van der Waals surface area (Å²) in [7, 11) is 0. The van der Waals surface area contributed by atoms with Crippen molar-refractivity contribution in [3.8, 4) is 0 Å². The largest absolute Gasteiger partial charge is 0.346 e. The van der Waals surface area contributed by atoms with Gasteiger partial charge in [0.05, 0.1) is 18.6 Å². The van der Waals surface area contributed by atoms with E-state index in [-0.39, 0.29) is 53.8 Å². The number of nitrogens with zero attached hydrogens (tertiary/aromatic N) is 1. The van der Waals surface area contributed by atoms with Crippen molar-refractivity contribution in [1.82, 2.24) is 15.5 Å². The molecule has 0 radical (unpaired) electrons. The molecule has 0 aromatic heterocycles. The number of hydrogen-bond acceptors (Lipinski definition) is 6. The molecule has 1 saturated heterocycles. The third kappa shape index (κ3) is 13.4. The SMILES string of the molecule is CC(C)C[C@H](NC(=O)C(CCc1ccccc1)CC(=O)CN1CCCCC1)C(=O)C[C@@H](Cc1ccccc1)C(=O)N[C@@H](CC(C)C)C(=O)C1(C)CC1. The summed E-state index contributed by atoms with van der Waals surface area (Å²) in [5.41, 5.74) is 1.63. The van der Waals surface area contributed by atoms with Gasteiger partial charge in [-0.15, -0.1) is 0 Å². The average Bonchev–Trinajstić information content (AvgIpc) is 3.87. The second-order valence-electron chi connectivity index (χ2n) is 16.7. The first-order chi connectivity index (χ1) is 24.8. The number of rotatable bonds is 22. The fourth-order valence-corrected chi connectivity index (χ4v) is 7.44. The number of aryl methyl sites for hydroxylation is 1. The molecule has 1 heterocycles. The van der Waals surface area contributed by atoms with E-state index in [0.717, 1.165) is 49.9 Å². The van der Waals surface area contributed by atoms with E-state index < -0.39 is 29.3 Å². The number of amides is 2. The predicted octanol–water partition coefficient (Wildman–Crippen LogP) is 6.93. The average molecular weight is 714 g/mol. The van der Waals surface area contributed by atoms with Gasteiger partial charge in [0.15, 0.2) is 11.6 Å². The zero-order valence-electron chi connectivity index (χ0n) is 32.3. The molecule has 2 N–H and O–H groups in total. The van der Waals surface area contributed by atoms with E-state index in [0.29, 0.717) is 38.6 Å². The van der Waals surface area contributed by atoms with Gasteiger partial charge in [-0.25, -0.2) is 0 Å². The van der Waals surface area contributed by atoms with Gasteiger partial charge in [-0.2, -0.15) is 0 Å². The summed E-state index contributed by atoms with van der Waals surface area (Å²) in [4.78, 5) is 71.4. The molecule has 1 unspecified atom stereocenters. The van der Waals surface area contributed by atoms with Gasteiger partial charge < -0.3 is 10.6 Å². The van der Waals surface area contributed by atoms with Gasteiger partial charge in [0.1, 0.15) is 5.78 Å². The quantitative estimate of drug-likeness (QED) is 0.137. The summed E-state index contributed by atoms with van der Waals surface area (Å²) in [6.45, 7) is 12.2. The first kappa shape index (κ1) is 41.1. The van der Waals surface area contributed by atoms with Crippen LogP contribution in [0.5, 0.6) is 0 Å². The Kier molecular flexibility index (Phi) is 15.8. The van der Waals surface area contributed by atoms with E-state index in [9.17, 15) is 24.0 Å². The topological polar surface area (TPSA) is 113 Å². The highest BCUT2D eigenvalue weighted by Crippen LogP contribution is 2.47. The Morgan fingerprint density at radius 2 is 1.23 bits per heavy atom. The maximum atomic E-state index is 14.2. The fraction of sp³-hybridized carbons (Fsp3) is 0.614. The van der Waals surface area contributed by atoms with E-state index in [1.807, 2.05) is 95.3 Å². The number of carbonyl (C=O) groups excluding carboxylic acids is 5. The molecule has 2 aromatic carbocycles. The molecule has 2 aliphatic rings. The van der Waals surface area contributed by atoms with Crippen LogP contribution in [-0.4, -0.2) is 65.8 Å². The standard InChI is InChI=1S/C44H63N3O5/c1-31(2)25-38(45-42(51)35(20-19-33-15-9-6-10-16-33)28-37(48)30-47-23-13-8-14-24-47)40(49)29-36(27-34-17-11-7-12-18-34)43(52)46-39(26-32(3)4)41(50)44(5)21-22-44/h6-7,9-12,15-18,31-32,35-36,38-39H,8,13-14,19-30H2,1-5H3,(H,45,51)(H,46,52)/t35?,36-,38+,39+/m1/s1. The van der Waals surface area contributed by atoms with E-state index in [1.165, 1.54) is 6.42 Å². The van der Waals surface area contributed by atoms with Crippen LogP contribution < -0.4 is 10.6 Å². The van der Waals surface area contributed by atoms with Gasteiger partial charge in [-0.3, -0.25) is 28.9 Å². The molecule has 8 nitrogen and oxygen atoms in total. The number of piperidine rings is 1. The minimum absolute atomic E-state index is 0.0481. The van der Waals surface area contributed by atoms with Gasteiger partial charge in [0, 0.05) is 30.1 Å². The van der Waals surface area contributed by atoms with Crippen molar-refractivity contribution in [1.29, 1.82) is 0 Å². The lowest BCUT2D eigenvalue weighted by molar-refractivity contribution is -0.135. The zero-order chi connectivity index (χ0) is 37.7. The van der Waals surface area contributed by atoms with Crippen molar-refractivity contribution in [2.45, 2.75) is 124 Å². The van der Waals surface area contributed by atoms with Crippen LogP contribution in [0.15, 0.2) is 60.7 Å². The molecule has 2 aromatic rings. The second-order valence-corrected chi connectivity index (χ2v) is 16.7. The summed E-state index contributed by atoms with van der Waals surface area (Å²) in [6, 6.07) is 18.2. The highest BCUT2D eigenvalue weighted by atomic mass is 16.2. The number of carbonyl (C=O) groups is 5. The Bertz CT molecular complexity index is 1460. The van der Waals surface area contributed by atoms with Crippen molar-refractivity contribution < 1.29 is 24.0 Å². The van der Waals surface area contributed by atoms with Crippen molar-refractivity contribution in [2.24, 2.45) is 29.1 Å². The van der Waals surface area contributed by atoms with Gasteiger partial charge in [-0.1, -0.05) is 102 Å². The van der Waals surface area contributed by atoms with Crippen molar-refractivity contribution in [2.75, 3.05) is 19.6 Å². The van der Waals surface area contributed by atoms with E-state index >= 15 is 0 Å². The summed E-state index contributed by atoms with van der Waals surface area (Å²) >= 11 is 0. The van der Waals surface area contributed by atoms with Crippen molar-refractivity contribution in [3.05, 3.63) is 71.8 Å². The molecule has 0 spiro atoms. The van der Waals surface area contributed by atoms with Gasteiger partial charge in [0.25, 0.3) is 0 Å². The van der Waals surface area contributed by atoms with Crippen LogP contribution in [0.4, 0.5) is 0 Å². The van der Waals surface area contributed by atoms with Gasteiger partial charge in [-0.05, 0) is 93.8 Å². The predicted molar refractivity (Wildman–Crippen MR) is 207 cm³/mol. The normalized spacial score (nSPS) is 17.9. The molecular formula is C44H63N3O5. The molecule has 8 heteroatoms. The molecule has 1 aliphatic carbocycles. The highest BCUT2D eigenvalue weighted by Gasteiger charge is 2.48. The van der Waals surface area contributed by atoms with E-state index in [1.54, 1.807) is 0 Å².